The third-order valence-corrected chi connectivity index (χ3v) is 4.45. The molecule has 0 unspecified atom stereocenters. The number of hydrogen-bond acceptors (Lipinski definition) is 5. The van der Waals surface area contributed by atoms with Crippen molar-refractivity contribution in [2.45, 2.75) is 12.3 Å². The van der Waals surface area contributed by atoms with E-state index in [1.54, 1.807) is 24.3 Å². The Kier molecular flexibility index (Phi) is 4.91. The average molecular weight is 319 g/mol. The van der Waals surface area contributed by atoms with Gasteiger partial charge in [-0.15, -0.1) is 0 Å². The lowest BCUT2D eigenvalue weighted by Gasteiger charge is -2.02. The minimum absolute atomic E-state index is 0.00524. The maximum atomic E-state index is 12.1. The van der Waals surface area contributed by atoms with E-state index in [1.165, 1.54) is 24.3 Å². The Labute approximate surface area is 126 Å². The molecular formula is C14H12N2O5P. The van der Waals surface area contributed by atoms with Gasteiger partial charge in [-0.05, 0) is 11.1 Å². The van der Waals surface area contributed by atoms with Gasteiger partial charge in [0.1, 0.15) is 0 Å². The highest BCUT2D eigenvalue weighted by Gasteiger charge is 2.09. The molecule has 0 aliphatic rings. The van der Waals surface area contributed by atoms with Gasteiger partial charge < -0.3 is 0 Å². The molecule has 1 radical (unpaired) electrons. The Morgan fingerprint density at radius 1 is 0.727 bits per heavy atom. The lowest BCUT2D eigenvalue weighted by Crippen LogP contribution is -1.90. The smallest absolute Gasteiger partial charge is 0.269 e. The van der Waals surface area contributed by atoms with Crippen molar-refractivity contribution in [1.82, 2.24) is 0 Å². The van der Waals surface area contributed by atoms with E-state index in [4.69, 9.17) is 0 Å². The van der Waals surface area contributed by atoms with Crippen LogP contribution >= 0.6 is 7.80 Å². The van der Waals surface area contributed by atoms with Gasteiger partial charge in [-0.2, -0.15) is 0 Å². The van der Waals surface area contributed by atoms with E-state index in [0.717, 1.165) is 11.1 Å². The van der Waals surface area contributed by atoms with Crippen LogP contribution in [-0.4, -0.2) is 9.85 Å². The van der Waals surface area contributed by atoms with E-state index >= 15 is 0 Å². The van der Waals surface area contributed by atoms with Gasteiger partial charge in [0.15, 0.2) is 0 Å². The standard InChI is InChI=1S/C14H12N2O5P/c17-15(18)13-5-1-11(2-6-13)9-22(21)10-12-3-7-14(8-4-12)16(19)20/h1-8H,9-10H2. The predicted molar refractivity (Wildman–Crippen MR) is 81.2 cm³/mol. The molecule has 0 saturated heterocycles. The molecule has 113 valence electrons. The first kappa shape index (κ1) is 15.7. The summed E-state index contributed by atoms with van der Waals surface area (Å²) in [5.41, 5.74) is 1.51. The molecule has 0 aliphatic heterocycles. The quantitative estimate of drug-likeness (QED) is 0.454. The zero-order valence-electron chi connectivity index (χ0n) is 11.4. The molecule has 0 amide bonds. The van der Waals surface area contributed by atoms with Crippen molar-refractivity contribution in [3.05, 3.63) is 79.9 Å². The highest BCUT2D eigenvalue weighted by molar-refractivity contribution is 7.42. The van der Waals surface area contributed by atoms with Gasteiger partial charge in [0.2, 0.25) is 0 Å². The van der Waals surface area contributed by atoms with E-state index in [1.807, 2.05) is 0 Å². The molecule has 0 fully saturated rings. The molecule has 7 nitrogen and oxygen atoms in total. The summed E-state index contributed by atoms with van der Waals surface area (Å²) in [6.07, 6.45) is 0.620. The first-order valence-electron chi connectivity index (χ1n) is 6.34. The second kappa shape index (κ2) is 6.87. The molecule has 0 heterocycles. The second-order valence-corrected chi connectivity index (χ2v) is 6.24. The van der Waals surface area contributed by atoms with E-state index < -0.39 is 17.6 Å². The van der Waals surface area contributed by atoms with E-state index in [-0.39, 0.29) is 11.4 Å². The highest BCUT2D eigenvalue weighted by atomic mass is 31.1. The number of nitro benzene ring substituents is 2. The molecule has 0 aliphatic carbocycles. The zero-order chi connectivity index (χ0) is 16.1. The number of nitro groups is 2. The number of rotatable bonds is 6. The minimum atomic E-state index is -1.57. The first-order chi connectivity index (χ1) is 10.5. The van der Waals surface area contributed by atoms with E-state index in [2.05, 4.69) is 0 Å². The fourth-order valence-corrected chi connectivity index (χ4v) is 3.26. The van der Waals surface area contributed by atoms with Gasteiger partial charge in [0.05, 0.1) is 17.6 Å². The van der Waals surface area contributed by atoms with Crippen molar-refractivity contribution < 1.29 is 14.4 Å². The van der Waals surface area contributed by atoms with Crippen LogP contribution in [0.3, 0.4) is 0 Å². The molecule has 2 aromatic carbocycles. The lowest BCUT2D eigenvalue weighted by atomic mass is 10.2. The fourth-order valence-electron chi connectivity index (χ4n) is 1.91. The first-order valence-corrected chi connectivity index (χ1v) is 7.97. The monoisotopic (exact) mass is 319 g/mol. The molecule has 0 N–H and O–H groups in total. The van der Waals surface area contributed by atoms with Gasteiger partial charge in [-0.3, -0.25) is 24.8 Å². The van der Waals surface area contributed by atoms with Crippen LogP contribution < -0.4 is 0 Å². The fraction of sp³-hybridized carbons (Fsp3) is 0.143. The SMILES string of the molecule is O=[N+]([O-])c1ccc(C[P](=O)Cc2ccc([N+](=O)[O-])cc2)cc1. The van der Waals surface area contributed by atoms with Gasteiger partial charge in [0.25, 0.3) is 11.4 Å². The Balaban J connectivity index is 1.97. The number of non-ortho nitro benzene ring substituents is 2. The van der Waals surface area contributed by atoms with Crippen LogP contribution in [0, 0.1) is 20.2 Å². The van der Waals surface area contributed by atoms with Gasteiger partial charge in [-0.1, -0.05) is 24.3 Å². The molecule has 2 rings (SSSR count). The van der Waals surface area contributed by atoms with Gasteiger partial charge >= 0.3 is 0 Å². The Morgan fingerprint density at radius 2 is 1.05 bits per heavy atom. The van der Waals surface area contributed by atoms with Crippen molar-refractivity contribution in [1.29, 1.82) is 0 Å². The van der Waals surface area contributed by atoms with Gasteiger partial charge in [-0.25, -0.2) is 0 Å². The largest absolute Gasteiger partial charge is 0.286 e. The Bertz CT molecular complexity index is 652. The van der Waals surface area contributed by atoms with Crippen LogP contribution in [0.4, 0.5) is 11.4 Å². The normalized spacial score (nSPS) is 10.2. The topological polar surface area (TPSA) is 103 Å². The van der Waals surface area contributed by atoms with Crippen LogP contribution in [0.1, 0.15) is 11.1 Å². The molecule has 2 aromatic rings. The summed E-state index contributed by atoms with van der Waals surface area (Å²) in [4.78, 5) is 20.1. The molecule has 8 heteroatoms. The molecule has 0 spiro atoms. The number of hydrogen-bond donors (Lipinski definition) is 0. The van der Waals surface area contributed by atoms with Crippen LogP contribution in [-0.2, 0) is 16.9 Å². The molecule has 0 saturated carbocycles. The van der Waals surface area contributed by atoms with Crippen molar-refractivity contribution in [2.24, 2.45) is 0 Å². The van der Waals surface area contributed by atoms with Crippen molar-refractivity contribution in [2.75, 3.05) is 0 Å². The third kappa shape index (κ3) is 4.17. The average Bonchev–Trinajstić information content (AvgIpc) is 2.48. The summed E-state index contributed by atoms with van der Waals surface area (Å²) in [6.45, 7) is 0. The van der Waals surface area contributed by atoms with Crippen LogP contribution in [0.5, 0.6) is 0 Å². The Morgan fingerprint density at radius 3 is 1.32 bits per heavy atom. The molecular weight excluding hydrogens is 307 g/mol. The van der Waals surface area contributed by atoms with Crippen LogP contribution in [0.15, 0.2) is 48.5 Å². The summed E-state index contributed by atoms with van der Waals surface area (Å²) in [7, 11) is -1.57. The van der Waals surface area contributed by atoms with Crippen molar-refractivity contribution >= 4 is 19.2 Å². The van der Waals surface area contributed by atoms with Crippen LogP contribution in [0.2, 0.25) is 0 Å². The summed E-state index contributed by atoms with van der Waals surface area (Å²) < 4.78 is 12.1. The lowest BCUT2D eigenvalue weighted by molar-refractivity contribution is -0.385. The minimum Gasteiger partial charge on any atom is -0.286 e. The maximum Gasteiger partial charge on any atom is 0.269 e. The second-order valence-electron chi connectivity index (χ2n) is 4.65. The zero-order valence-corrected chi connectivity index (χ0v) is 12.3. The van der Waals surface area contributed by atoms with Crippen LogP contribution in [0.25, 0.3) is 0 Å². The Hall–Kier alpha value is -2.66. The summed E-state index contributed by atoms with van der Waals surface area (Å²) in [5.74, 6) is 0. The third-order valence-electron chi connectivity index (χ3n) is 3.01. The molecule has 0 aromatic heterocycles. The summed E-state index contributed by atoms with van der Waals surface area (Å²) in [5, 5.41) is 21.1. The maximum absolute atomic E-state index is 12.1. The highest BCUT2D eigenvalue weighted by Crippen LogP contribution is 2.32. The molecule has 22 heavy (non-hydrogen) atoms. The summed E-state index contributed by atoms with van der Waals surface area (Å²) in [6, 6.07) is 11.9. The molecule has 0 atom stereocenters. The van der Waals surface area contributed by atoms with Gasteiger partial charge in [0, 0.05) is 36.6 Å². The molecule has 0 bridgehead atoms. The van der Waals surface area contributed by atoms with E-state index in [9.17, 15) is 24.8 Å². The van der Waals surface area contributed by atoms with E-state index in [0.29, 0.717) is 12.3 Å². The van der Waals surface area contributed by atoms with Crippen molar-refractivity contribution in [3.63, 3.8) is 0 Å². The summed E-state index contributed by atoms with van der Waals surface area (Å²) >= 11 is 0. The number of nitrogens with zero attached hydrogens (tertiary/aromatic N) is 2. The van der Waals surface area contributed by atoms with Crippen molar-refractivity contribution in [3.8, 4) is 0 Å². The predicted octanol–water partition coefficient (Wildman–Crippen LogP) is 4.03. The number of benzene rings is 2.